The van der Waals surface area contributed by atoms with Crippen LogP contribution in [0.1, 0.15) is 12.5 Å². The first-order valence-corrected chi connectivity index (χ1v) is 8.77. The largest absolute Gasteiger partial charge is 0.481 e. The van der Waals surface area contributed by atoms with Gasteiger partial charge in [-0.2, -0.15) is 0 Å². The molecule has 0 fully saturated rings. The van der Waals surface area contributed by atoms with E-state index in [4.69, 9.17) is 9.47 Å². The van der Waals surface area contributed by atoms with Crippen LogP contribution in [0.5, 0.6) is 5.75 Å². The second kappa shape index (κ2) is 9.02. The lowest BCUT2D eigenvalue weighted by molar-refractivity contribution is -0.127. The summed E-state index contributed by atoms with van der Waals surface area (Å²) >= 11 is 0. The summed E-state index contributed by atoms with van der Waals surface area (Å²) in [6, 6.07) is 23.8. The predicted molar refractivity (Wildman–Crippen MR) is 103 cm³/mol. The molecule has 1 N–H and O–H groups in total. The first kappa shape index (κ1) is 18.0. The molecule has 4 heteroatoms. The third-order valence-electron chi connectivity index (χ3n) is 4.06. The quantitative estimate of drug-likeness (QED) is 0.627. The van der Waals surface area contributed by atoms with Crippen LogP contribution in [0.15, 0.2) is 72.8 Å². The van der Waals surface area contributed by atoms with Crippen LogP contribution in [0.25, 0.3) is 10.8 Å². The zero-order chi connectivity index (χ0) is 18.2. The van der Waals surface area contributed by atoms with Crippen molar-refractivity contribution < 1.29 is 14.3 Å². The molecule has 3 aromatic rings. The van der Waals surface area contributed by atoms with E-state index in [1.54, 1.807) is 6.92 Å². The molecule has 26 heavy (non-hydrogen) atoms. The minimum Gasteiger partial charge on any atom is -0.481 e. The Morgan fingerprint density at radius 3 is 2.50 bits per heavy atom. The van der Waals surface area contributed by atoms with Crippen molar-refractivity contribution in [3.8, 4) is 5.75 Å². The summed E-state index contributed by atoms with van der Waals surface area (Å²) < 4.78 is 11.3. The number of nitrogens with one attached hydrogen (secondary N) is 1. The normalized spacial score (nSPS) is 11.9. The van der Waals surface area contributed by atoms with Gasteiger partial charge >= 0.3 is 0 Å². The monoisotopic (exact) mass is 349 g/mol. The maximum absolute atomic E-state index is 12.2. The lowest BCUT2D eigenvalue weighted by atomic mass is 10.1. The third kappa shape index (κ3) is 5.07. The van der Waals surface area contributed by atoms with Crippen LogP contribution in [0.2, 0.25) is 0 Å². The molecule has 0 saturated heterocycles. The molecule has 0 aliphatic carbocycles. The van der Waals surface area contributed by atoms with Crippen LogP contribution in [0, 0.1) is 0 Å². The molecule has 134 valence electrons. The number of ether oxygens (including phenoxy) is 2. The summed E-state index contributed by atoms with van der Waals surface area (Å²) in [4.78, 5) is 12.2. The smallest absolute Gasteiger partial charge is 0.260 e. The van der Waals surface area contributed by atoms with Gasteiger partial charge in [0.2, 0.25) is 0 Å². The van der Waals surface area contributed by atoms with Gasteiger partial charge in [0.1, 0.15) is 5.75 Å². The summed E-state index contributed by atoms with van der Waals surface area (Å²) in [6.07, 6.45) is -0.565. The van der Waals surface area contributed by atoms with Crippen LogP contribution >= 0.6 is 0 Å². The number of carbonyl (C=O) groups excluding carboxylic acids is 1. The van der Waals surface area contributed by atoms with Gasteiger partial charge in [0.05, 0.1) is 13.2 Å². The highest BCUT2D eigenvalue weighted by Crippen LogP contribution is 2.21. The topological polar surface area (TPSA) is 47.6 Å². The Labute approximate surface area is 153 Å². The molecule has 0 bridgehead atoms. The Morgan fingerprint density at radius 1 is 0.962 bits per heavy atom. The molecule has 0 aliphatic rings. The average molecular weight is 349 g/mol. The second-order valence-electron chi connectivity index (χ2n) is 6.10. The zero-order valence-corrected chi connectivity index (χ0v) is 14.9. The second-order valence-corrected chi connectivity index (χ2v) is 6.10. The van der Waals surface area contributed by atoms with E-state index in [1.807, 2.05) is 72.8 Å². The van der Waals surface area contributed by atoms with Crippen molar-refractivity contribution in [1.82, 2.24) is 5.32 Å². The maximum atomic E-state index is 12.2. The molecular weight excluding hydrogens is 326 g/mol. The molecule has 0 saturated carbocycles. The van der Waals surface area contributed by atoms with Crippen molar-refractivity contribution in [2.75, 3.05) is 13.2 Å². The molecule has 1 unspecified atom stereocenters. The van der Waals surface area contributed by atoms with Crippen LogP contribution in [0.4, 0.5) is 0 Å². The molecule has 0 radical (unpaired) electrons. The molecule has 3 aromatic carbocycles. The van der Waals surface area contributed by atoms with Crippen molar-refractivity contribution in [3.63, 3.8) is 0 Å². The Hall–Kier alpha value is -2.85. The molecule has 0 heterocycles. The highest BCUT2D eigenvalue weighted by Gasteiger charge is 2.14. The molecule has 0 aliphatic heterocycles. The van der Waals surface area contributed by atoms with Crippen LogP contribution in [0.3, 0.4) is 0 Å². The van der Waals surface area contributed by atoms with Crippen molar-refractivity contribution in [3.05, 3.63) is 78.4 Å². The van der Waals surface area contributed by atoms with Crippen molar-refractivity contribution in [2.45, 2.75) is 19.6 Å². The molecule has 0 spiro atoms. The Bertz CT molecular complexity index is 848. The van der Waals surface area contributed by atoms with Gasteiger partial charge in [0.15, 0.2) is 6.10 Å². The van der Waals surface area contributed by atoms with Gasteiger partial charge in [-0.05, 0) is 35.4 Å². The fourth-order valence-electron chi connectivity index (χ4n) is 2.65. The fourth-order valence-corrected chi connectivity index (χ4v) is 2.65. The molecular formula is C22H23NO3. The van der Waals surface area contributed by atoms with Gasteiger partial charge in [0, 0.05) is 6.54 Å². The highest BCUT2D eigenvalue weighted by molar-refractivity contribution is 5.84. The van der Waals surface area contributed by atoms with Gasteiger partial charge in [-0.1, -0.05) is 60.7 Å². The Balaban J connectivity index is 1.41. The van der Waals surface area contributed by atoms with E-state index < -0.39 is 6.10 Å². The summed E-state index contributed by atoms with van der Waals surface area (Å²) in [5.41, 5.74) is 1.12. The van der Waals surface area contributed by atoms with Crippen molar-refractivity contribution in [1.29, 1.82) is 0 Å². The lowest BCUT2D eigenvalue weighted by Gasteiger charge is -2.15. The Kier molecular flexibility index (Phi) is 6.23. The number of hydrogen-bond donors (Lipinski definition) is 1. The standard InChI is InChI=1S/C22H23NO3/c1-17(26-21-12-11-19-9-5-6-10-20(19)15-21)22(24)23-13-14-25-16-18-7-3-2-4-8-18/h2-12,15,17H,13-14,16H2,1H3,(H,23,24). The first-order chi connectivity index (χ1) is 12.7. The van der Waals surface area contributed by atoms with E-state index in [1.165, 1.54) is 0 Å². The predicted octanol–water partition coefficient (Wildman–Crippen LogP) is 3.94. The minimum atomic E-state index is -0.565. The van der Waals surface area contributed by atoms with E-state index in [-0.39, 0.29) is 5.91 Å². The van der Waals surface area contributed by atoms with Gasteiger partial charge in [0.25, 0.3) is 5.91 Å². The first-order valence-electron chi connectivity index (χ1n) is 8.77. The molecule has 0 aromatic heterocycles. The third-order valence-corrected chi connectivity index (χ3v) is 4.06. The molecule has 1 atom stereocenters. The van der Waals surface area contributed by atoms with E-state index >= 15 is 0 Å². The van der Waals surface area contributed by atoms with Gasteiger partial charge in [-0.25, -0.2) is 0 Å². The molecule has 4 nitrogen and oxygen atoms in total. The van der Waals surface area contributed by atoms with Gasteiger partial charge < -0.3 is 14.8 Å². The van der Waals surface area contributed by atoms with Gasteiger partial charge in [-0.15, -0.1) is 0 Å². The summed E-state index contributed by atoms with van der Waals surface area (Å²) in [5.74, 6) is 0.535. The lowest BCUT2D eigenvalue weighted by Crippen LogP contribution is -2.38. The number of amides is 1. The van der Waals surface area contributed by atoms with Crippen LogP contribution in [-0.2, 0) is 16.1 Å². The summed E-state index contributed by atoms with van der Waals surface area (Å²) in [6.45, 7) is 3.20. The fraction of sp³-hybridized carbons (Fsp3) is 0.227. The number of fused-ring (bicyclic) bond motifs is 1. The van der Waals surface area contributed by atoms with Gasteiger partial charge in [-0.3, -0.25) is 4.79 Å². The highest BCUT2D eigenvalue weighted by atomic mass is 16.5. The average Bonchev–Trinajstić information content (AvgIpc) is 2.68. The Morgan fingerprint density at radius 2 is 1.69 bits per heavy atom. The van der Waals surface area contributed by atoms with E-state index in [2.05, 4.69) is 5.32 Å². The van der Waals surface area contributed by atoms with Crippen molar-refractivity contribution in [2.24, 2.45) is 0 Å². The number of hydrogen-bond acceptors (Lipinski definition) is 3. The SMILES string of the molecule is CC(Oc1ccc2ccccc2c1)C(=O)NCCOCc1ccccc1. The van der Waals surface area contributed by atoms with Crippen LogP contribution in [-0.4, -0.2) is 25.2 Å². The maximum Gasteiger partial charge on any atom is 0.260 e. The van der Waals surface area contributed by atoms with Crippen molar-refractivity contribution >= 4 is 16.7 Å². The molecule has 1 amide bonds. The van der Waals surface area contributed by atoms with E-state index in [9.17, 15) is 4.79 Å². The number of carbonyl (C=O) groups is 1. The summed E-state index contributed by atoms with van der Waals surface area (Å²) in [5, 5.41) is 5.07. The number of benzene rings is 3. The van der Waals surface area contributed by atoms with E-state index in [0.717, 1.165) is 16.3 Å². The van der Waals surface area contributed by atoms with E-state index in [0.29, 0.717) is 25.5 Å². The zero-order valence-electron chi connectivity index (χ0n) is 14.9. The minimum absolute atomic E-state index is 0.151. The molecule has 3 rings (SSSR count). The van der Waals surface area contributed by atoms with Crippen LogP contribution < -0.4 is 10.1 Å². The summed E-state index contributed by atoms with van der Waals surface area (Å²) in [7, 11) is 0. The number of rotatable bonds is 8.